The molecule has 0 bridgehead atoms. The van der Waals surface area contributed by atoms with E-state index in [1.54, 1.807) is 34.4 Å². The minimum Gasteiger partial charge on any atom is -0.398 e. The summed E-state index contributed by atoms with van der Waals surface area (Å²) in [5, 5.41) is 2.54. The summed E-state index contributed by atoms with van der Waals surface area (Å²) in [5.41, 5.74) is 8.17. The molecule has 0 aliphatic carbocycles. The molecule has 0 aliphatic rings. The molecule has 0 aliphatic heterocycles. The molecule has 7 heteroatoms. The molecule has 0 amide bonds. The Morgan fingerprint density at radius 3 is 3.00 bits per heavy atom. The number of hydrogen-bond donors (Lipinski definition) is 1. The summed E-state index contributed by atoms with van der Waals surface area (Å²) in [4.78, 5) is 18.3. The number of nitrogens with two attached hydrogens (primary N) is 1. The molecule has 3 rings (SSSR count). The normalized spacial score (nSPS) is 11.1. The van der Waals surface area contributed by atoms with Crippen LogP contribution in [0, 0.1) is 6.92 Å². The van der Waals surface area contributed by atoms with E-state index in [0.29, 0.717) is 16.5 Å². The molecule has 0 spiro atoms. The molecule has 21 heavy (non-hydrogen) atoms. The first-order valence-corrected chi connectivity index (χ1v) is 8.43. The number of aryl methyl sites for hydroxylation is 1. The largest absolute Gasteiger partial charge is 0.398 e. The van der Waals surface area contributed by atoms with E-state index in [4.69, 9.17) is 17.3 Å². The van der Waals surface area contributed by atoms with Gasteiger partial charge in [-0.3, -0.25) is 9.20 Å². The first-order valence-electron chi connectivity index (χ1n) is 6.19. The summed E-state index contributed by atoms with van der Waals surface area (Å²) >= 11 is 8.89. The number of rotatable bonds is 3. The first-order chi connectivity index (χ1) is 10.0. The van der Waals surface area contributed by atoms with Crippen LogP contribution in [0.2, 0.25) is 5.02 Å². The molecule has 0 radical (unpaired) electrons. The van der Waals surface area contributed by atoms with Gasteiger partial charge in [0.15, 0.2) is 4.96 Å². The van der Waals surface area contributed by atoms with Gasteiger partial charge in [-0.1, -0.05) is 11.6 Å². The van der Waals surface area contributed by atoms with E-state index >= 15 is 0 Å². The maximum Gasteiger partial charge on any atom is 0.258 e. The molecule has 2 N–H and O–H groups in total. The van der Waals surface area contributed by atoms with Crippen LogP contribution in [0.1, 0.15) is 11.4 Å². The van der Waals surface area contributed by atoms with Crippen molar-refractivity contribution in [2.24, 2.45) is 0 Å². The highest BCUT2D eigenvalue weighted by molar-refractivity contribution is 7.98. The lowest BCUT2D eigenvalue weighted by atomic mass is 10.3. The Hall–Kier alpha value is -1.50. The molecule has 0 fully saturated rings. The lowest BCUT2D eigenvalue weighted by molar-refractivity contribution is 0.997. The SMILES string of the molecule is Cc1csc2nc(CSc3ccc(Cl)cc3N)cc(=O)n12. The number of aromatic nitrogens is 2. The van der Waals surface area contributed by atoms with E-state index in [1.165, 1.54) is 11.3 Å². The van der Waals surface area contributed by atoms with Crippen molar-refractivity contribution in [2.75, 3.05) is 5.73 Å². The summed E-state index contributed by atoms with van der Waals surface area (Å²) in [7, 11) is 0. The fourth-order valence-electron chi connectivity index (χ4n) is 1.98. The van der Waals surface area contributed by atoms with Gasteiger partial charge < -0.3 is 5.73 Å². The molecular weight excluding hydrogens is 326 g/mol. The molecule has 0 unspecified atom stereocenters. The summed E-state index contributed by atoms with van der Waals surface area (Å²) in [6, 6.07) is 6.97. The van der Waals surface area contributed by atoms with Crippen molar-refractivity contribution in [3.63, 3.8) is 0 Å². The third-order valence-corrected chi connectivity index (χ3v) is 5.28. The molecular formula is C14H12ClN3OS2. The lowest BCUT2D eigenvalue weighted by Crippen LogP contribution is -2.14. The van der Waals surface area contributed by atoms with Crippen LogP contribution >= 0.6 is 34.7 Å². The number of thioether (sulfide) groups is 1. The highest BCUT2D eigenvalue weighted by Gasteiger charge is 2.08. The maximum absolute atomic E-state index is 12.1. The van der Waals surface area contributed by atoms with E-state index in [-0.39, 0.29) is 5.56 Å². The molecule has 3 aromatic rings. The monoisotopic (exact) mass is 337 g/mol. The van der Waals surface area contributed by atoms with Gasteiger partial charge in [0.2, 0.25) is 0 Å². The first kappa shape index (κ1) is 14.4. The zero-order valence-electron chi connectivity index (χ0n) is 11.2. The number of anilines is 1. The van der Waals surface area contributed by atoms with Gasteiger partial charge in [-0.2, -0.15) is 0 Å². The van der Waals surface area contributed by atoms with E-state index in [0.717, 1.165) is 21.2 Å². The number of hydrogen-bond acceptors (Lipinski definition) is 5. The van der Waals surface area contributed by atoms with Crippen molar-refractivity contribution in [1.82, 2.24) is 9.38 Å². The van der Waals surface area contributed by atoms with E-state index < -0.39 is 0 Å². The van der Waals surface area contributed by atoms with Crippen LogP contribution in [-0.4, -0.2) is 9.38 Å². The Bertz CT molecular complexity index is 872. The average molecular weight is 338 g/mol. The van der Waals surface area contributed by atoms with Crippen LogP contribution in [0.5, 0.6) is 0 Å². The van der Waals surface area contributed by atoms with Crippen LogP contribution in [0.3, 0.4) is 0 Å². The highest BCUT2D eigenvalue weighted by atomic mass is 35.5. The van der Waals surface area contributed by atoms with E-state index in [9.17, 15) is 4.79 Å². The van der Waals surface area contributed by atoms with Crippen molar-refractivity contribution in [1.29, 1.82) is 0 Å². The van der Waals surface area contributed by atoms with Crippen molar-refractivity contribution in [2.45, 2.75) is 17.6 Å². The quantitative estimate of drug-likeness (QED) is 0.586. The second-order valence-corrected chi connectivity index (χ2v) is 6.84. The summed E-state index contributed by atoms with van der Waals surface area (Å²) < 4.78 is 1.62. The number of halogens is 1. The molecule has 2 aromatic heterocycles. The second-order valence-electron chi connectivity index (χ2n) is 4.55. The van der Waals surface area contributed by atoms with Crippen LogP contribution in [0.15, 0.2) is 39.3 Å². The molecule has 0 saturated carbocycles. The third kappa shape index (κ3) is 2.92. The number of benzene rings is 1. The van der Waals surface area contributed by atoms with Gasteiger partial charge in [0.1, 0.15) is 0 Å². The number of nitrogens with zero attached hydrogens (tertiary/aromatic N) is 2. The smallest absolute Gasteiger partial charge is 0.258 e. The molecule has 0 saturated heterocycles. The predicted octanol–water partition coefficient (Wildman–Crippen LogP) is 3.59. The minimum atomic E-state index is -0.0431. The van der Waals surface area contributed by atoms with Gasteiger partial charge in [-0.25, -0.2) is 4.98 Å². The topological polar surface area (TPSA) is 60.4 Å². The third-order valence-electron chi connectivity index (χ3n) is 2.98. The average Bonchev–Trinajstić information content (AvgIpc) is 2.80. The van der Waals surface area contributed by atoms with Crippen molar-refractivity contribution < 1.29 is 0 Å². The zero-order chi connectivity index (χ0) is 15.0. The Morgan fingerprint density at radius 1 is 1.43 bits per heavy atom. The minimum absolute atomic E-state index is 0.0431. The lowest BCUT2D eigenvalue weighted by Gasteiger charge is -2.05. The second kappa shape index (κ2) is 5.71. The van der Waals surface area contributed by atoms with Gasteiger partial charge in [-0.15, -0.1) is 23.1 Å². The maximum atomic E-state index is 12.1. The van der Waals surface area contributed by atoms with Crippen molar-refractivity contribution in [3.05, 3.63) is 56.4 Å². The molecule has 2 heterocycles. The van der Waals surface area contributed by atoms with Gasteiger partial charge in [0, 0.05) is 38.5 Å². The number of nitrogen functional groups attached to an aromatic ring is 1. The van der Waals surface area contributed by atoms with Crippen LogP contribution < -0.4 is 11.3 Å². The zero-order valence-corrected chi connectivity index (χ0v) is 13.6. The Kier molecular flexibility index (Phi) is 3.93. The fraction of sp³-hybridized carbons (Fsp3) is 0.143. The molecule has 108 valence electrons. The molecule has 1 aromatic carbocycles. The predicted molar refractivity (Wildman–Crippen MR) is 89.5 cm³/mol. The fourth-order valence-corrected chi connectivity index (χ4v) is 3.89. The highest BCUT2D eigenvalue weighted by Crippen LogP contribution is 2.29. The van der Waals surface area contributed by atoms with E-state index in [2.05, 4.69) is 4.98 Å². The van der Waals surface area contributed by atoms with Gasteiger partial charge in [0.25, 0.3) is 5.56 Å². The van der Waals surface area contributed by atoms with Crippen molar-refractivity contribution >= 4 is 45.3 Å². The van der Waals surface area contributed by atoms with Crippen LogP contribution in [0.4, 0.5) is 5.69 Å². The molecule has 0 atom stereocenters. The van der Waals surface area contributed by atoms with Crippen LogP contribution in [-0.2, 0) is 5.75 Å². The van der Waals surface area contributed by atoms with Crippen molar-refractivity contribution in [3.8, 4) is 0 Å². The summed E-state index contributed by atoms with van der Waals surface area (Å²) in [5.74, 6) is 0.592. The standard InChI is InChI=1S/C14H12ClN3OS2/c1-8-6-21-14-17-10(5-13(19)18(8)14)7-20-12-3-2-9(15)4-11(12)16/h2-6H,7,16H2,1H3. The molecule has 4 nitrogen and oxygen atoms in total. The summed E-state index contributed by atoms with van der Waals surface area (Å²) in [6.07, 6.45) is 0. The Labute approximate surface area is 134 Å². The van der Waals surface area contributed by atoms with Gasteiger partial charge >= 0.3 is 0 Å². The number of thiazole rings is 1. The Morgan fingerprint density at radius 2 is 2.24 bits per heavy atom. The van der Waals surface area contributed by atoms with Gasteiger partial charge in [0.05, 0.1) is 5.69 Å². The van der Waals surface area contributed by atoms with E-state index in [1.807, 2.05) is 18.4 Å². The summed E-state index contributed by atoms with van der Waals surface area (Å²) in [6.45, 7) is 1.90. The van der Waals surface area contributed by atoms with Crippen LogP contribution in [0.25, 0.3) is 4.96 Å². The van der Waals surface area contributed by atoms with Gasteiger partial charge in [-0.05, 0) is 25.1 Å². The Balaban J connectivity index is 1.87. The number of fused-ring (bicyclic) bond motifs is 1.